The predicted molar refractivity (Wildman–Crippen MR) is 67.2 cm³/mol. The zero-order valence-corrected chi connectivity index (χ0v) is 10.9. The van der Waals surface area contributed by atoms with E-state index >= 15 is 0 Å². The Hall–Kier alpha value is -1.26. The highest BCUT2D eigenvalue weighted by Crippen LogP contribution is 2.28. The maximum atomic E-state index is 11.7. The molecule has 5 nitrogen and oxygen atoms in total. The third-order valence-corrected chi connectivity index (χ3v) is 4.10. The highest BCUT2D eigenvalue weighted by molar-refractivity contribution is 5.79. The number of aliphatic carboxylic acids is 1. The van der Waals surface area contributed by atoms with Crippen LogP contribution in [0.5, 0.6) is 0 Å². The first-order valence-corrected chi connectivity index (χ1v) is 6.82. The Balaban J connectivity index is 1.65. The van der Waals surface area contributed by atoms with Crippen LogP contribution >= 0.6 is 0 Å². The molecule has 0 aromatic carbocycles. The maximum absolute atomic E-state index is 11.7. The number of carboxylic acids is 1. The molecular formula is C13H22N2O3. The second-order valence-corrected chi connectivity index (χ2v) is 5.76. The molecule has 18 heavy (non-hydrogen) atoms. The maximum Gasteiger partial charge on any atom is 0.317 e. The number of carboxylic acid groups (broad SMARTS) is 1. The fourth-order valence-electron chi connectivity index (χ4n) is 2.89. The van der Waals surface area contributed by atoms with E-state index in [9.17, 15) is 9.59 Å². The summed E-state index contributed by atoms with van der Waals surface area (Å²) >= 11 is 0. The topological polar surface area (TPSA) is 69.6 Å². The molecule has 2 fully saturated rings. The van der Waals surface area contributed by atoms with Crippen molar-refractivity contribution in [2.24, 2.45) is 17.8 Å². The van der Waals surface area contributed by atoms with Crippen LogP contribution in [-0.2, 0) is 4.79 Å². The van der Waals surface area contributed by atoms with Crippen LogP contribution in [-0.4, -0.2) is 41.6 Å². The summed E-state index contributed by atoms with van der Waals surface area (Å²) in [5.74, 6) is 0.181. The van der Waals surface area contributed by atoms with Gasteiger partial charge in [0.05, 0.1) is 5.92 Å². The van der Waals surface area contributed by atoms with Gasteiger partial charge in [-0.3, -0.25) is 4.79 Å². The zero-order chi connectivity index (χ0) is 13.1. The van der Waals surface area contributed by atoms with E-state index in [0.29, 0.717) is 19.0 Å². The number of nitrogens with zero attached hydrogens (tertiary/aromatic N) is 1. The number of rotatable bonds is 3. The van der Waals surface area contributed by atoms with Crippen molar-refractivity contribution in [2.75, 3.05) is 19.6 Å². The van der Waals surface area contributed by atoms with E-state index in [2.05, 4.69) is 12.2 Å². The van der Waals surface area contributed by atoms with E-state index in [-0.39, 0.29) is 11.9 Å². The molecule has 2 atom stereocenters. The van der Waals surface area contributed by atoms with E-state index < -0.39 is 5.97 Å². The van der Waals surface area contributed by atoms with Gasteiger partial charge in [-0.2, -0.15) is 0 Å². The minimum absolute atomic E-state index is 0.106. The molecule has 0 aromatic rings. The average molecular weight is 254 g/mol. The summed E-state index contributed by atoms with van der Waals surface area (Å²) in [6, 6.07) is -0.106. The molecule has 0 aromatic heterocycles. The summed E-state index contributed by atoms with van der Waals surface area (Å²) in [5, 5.41) is 11.7. The molecule has 0 radical (unpaired) electrons. The number of likely N-dealkylation sites (tertiary alicyclic amines) is 1. The lowest BCUT2D eigenvalue weighted by Gasteiger charge is -2.37. The molecule has 1 heterocycles. The van der Waals surface area contributed by atoms with Gasteiger partial charge in [-0.15, -0.1) is 0 Å². The number of amides is 2. The summed E-state index contributed by atoms with van der Waals surface area (Å²) in [7, 11) is 0. The molecule has 2 unspecified atom stereocenters. The highest BCUT2D eigenvalue weighted by atomic mass is 16.4. The van der Waals surface area contributed by atoms with Crippen molar-refractivity contribution >= 4 is 12.0 Å². The third-order valence-electron chi connectivity index (χ3n) is 4.10. The Morgan fingerprint density at radius 1 is 1.33 bits per heavy atom. The van der Waals surface area contributed by atoms with Gasteiger partial charge < -0.3 is 15.3 Å². The number of hydrogen-bond donors (Lipinski definition) is 2. The first-order chi connectivity index (χ1) is 8.56. The molecular weight excluding hydrogens is 232 g/mol. The Morgan fingerprint density at radius 3 is 2.67 bits per heavy atom. The number of nitrogens with one attached hydrogen (secondary N) is 1. The van der Waals surface area contributed by atoms with Crippen molar-refractivity contribution in [3.63, 3.8) is 0 Å². The molecule has 2 amide bonds. The van der Waals surface area contributed by atoms with E-state index in [0.717, 1.165) is 12.5 Å². The first-order valence-electron chi connectivity index (χ1n) is 6.82. The largest absolute Gasteiger partial charge is 0.481 e. The van der Waals surface area contributed by atoms with Gasteiger partial charge in [0.1, 0.15) is 0 Å². The fraction of sp³-hybridized carbons (Fsp3) is 0.846. The van der Waals surface area contributed by atoms with Crippen LogP contribution in [0.1, 0.15) is 32.6 Å². The van der Waals surface area contributed by atoms with Gasteiger partial charge in [0.2, 0.25) is 0 Å². The summed E-state index contributed by atoms with van der Waals surface area (Å²) in [6.45, 7) is 3.70. The minimum atomic E-state index is -0.805. The lowest BCUT2D eigenvalue weighted by molar-refractivity contribution is -0.146. The standard InChI is InChI=1S/C13H22N2O3/c1-9-3-2-4-10(5-9)6-14-13(18)15-7-11(8-15)12(16)17/h9-11H,2-8H2,1H3,(H,14,18)(H,16,17). The minimum Gasteiger partial charge on any atom is -0.481 e. The quantitative estimate of drug-likeness (QED) is 0.802. The molecule has 0 bridgehead atoms. The molecule has 2 aliphatic rings. The zero-order valence-electron chi connectivity index (χ0n) is 10.9. The SMILES string of the molecule is CC1CCCC(CNC(=O)N2CC(C(=O)O)C2)C1. The highest BCUT2D eigenvalue weighted by Gasteiger charge is 2.35. The van der Waals surface area contributed by atoms with Crippen molar-refractivity contribution in [3.05, 3.63) is 0 Å². The molecule has 1 aliphatic heterocycles. The van der Waals surface area contributed by atoms with Crippen molar-refractivity contribution < 1.29 is 14.7 Å². The molecule has 1 aliphatic carbocycles. The molecule has 1 saturated carbocycles. The van der Waals surface area contributed by atoms with Gasteiger partial charge in [-0.05, 0) is 24.7 Å². The van der Waals surface area contributed by atoms with Gasteiger partial charge in [0.25, 0.3) is 0 Å². The van der Waals surface area contributed by atoms with Crippen LogP contribution < -0.4 is 5.32 Å². The van der Waals surface area contributed by atoms with Crippen molar-refractivity contribution in [1.29, 1.82) is 0 Å². The number of carbonyl (C=O) groups is 2. The smallest absolute Gasteiger partial charge is 0.317 e. The van der Waals surface area contributed by atoms with Crippen LogP contribution in [0.2, 0.25) is 0 Å². The van der Waals surface area contributed by atoms with Crippen LogP contribution in [0, 0.1) is 17.8 Å². The van der Waals surface area contributed by atoms with Crippen LogP contribution in [0.3, 0.4) is 0 Å². The Kier molecular flexibility index (Phi) is 4.09. The van der Waals surface area contributed by atoms with E-state index in [4.69, 9.17) is 5.11 Å². The Labute approximate surface area is 108 Å². The Bertz CT molecular complexity index is 326. The summed E-state index contributed by atoms with van der Waals surface area (Å²) < 4.78 is 0. The van der Waals surface area contributed by atoms with Crippen LogP contribution in [0.15, 0.2) is 0 Å². The van der Waals surface area contributed by atoms with E-state index in [1.165, 1.54) is 25.7 Å². The van der Waals surface area contributed by atoms with E-state index in [1.54, 1.807) is 4.90 Å². The summed E-state index contributed by atoms with van der Waals surface area (Å²) in [5.41, 5.74) is 0. The molecule has 2 N–H and O–H groups in total. The van der Waals surface area contributed by atoms with Crippen molar-refractivity contribution in [1.82, 2.24) is 10.2 Å². The average Bonchev–Trinajstić information content (AvgIpc) is 2.24. The summed E-state index contributed by atoms with van der Waals surface area (Å²) in [4.78, 5) is 23.9. The molecule has 5 heteroatoms. The number of urea groups is 1. The van der Waals surface area contributed by atoms with Crippen molar-refractivity contribution in [2.45, 2.75) is 32.6 Å². The van der Waals surface area contributed by atoms with Gasteiger partial charge >= 0.3 is 12.0 Å². The van der Waals surface area contributed by atoms with Crippen LogP contribution in [0.25, 0.3) is 0 Å². The van der Waals surface area contributed by atoms with Crippen molar-refractivity contribution in [3.8, 4) is 0 Å². The van der Waals surface area contributed by atoms with Gasteiger partial charge in [-0.1, -0.05) is 19.8 Å². The Morgan fingerprint density at radius 2 is 2.06 bits per heavy atom. The summed E-state index contributed by atoms with van der Waals surface area (Å²) in [6.07, 6.45) is 4.95. The number of carbonyl (C=O) groups excluding carboxylic acids is 1. The molecule has 102 valence electrons. The second kappa shape index (κ2) is 5.59. The lowest BCUT2D eigenvalue weighted by atomic mass is 9.82. The second-order valence-electron chi connectivity index (χ2n) is 5.76. The predicted octanol–water partition coefficient (Wildman–Crippen LogP) is 1.54. The molecule has 2 rings (SSSR count). The first kappa shape index (κ1) is 13.2. The lowest BCUT2D eigenvalue weighted by Crippen LogP contribution is -2.56. The monoisotopic (exact) mass is 254 g/mol. The van der Waals surface area contributed by atoms with E-state index in [1.807, 2.05) is 0 Å². The fourth-order valence-corrected chi connectivity index (χ4v) is 2.89. The van der Waals surface area contributed by atoms with Gasteiger partial charge in [-0.25, -0.2) is 4.79 Å². The molecule has 1 saturated heterocycles. The molecule has 0 spiro atoms. The van der Waals surface area contributed by atoms with Gasteiger partial charge in [0.15, 0.2) is 0 Å². The number of hydrogen-bond acceptors (Lipinski definition) is 2. The third kappa shape index (κ3) is 3.15. The van der Waals surface area contributed by atoms with Crippen LogP contribution in [0.4, 0.5) is 4.79 Å². The van der Waals surface area contributed by atoms with Gasteiger partial charge in [0, 0.05) is 19.6 Å². The normalized spacial score (nSPS) is 28.6.